The number of aliphatic hydroxyl groups excluding tert-OH is 1. The fraction of sp³-hybridized carbons (Fsp3) is 0.353. The Morgan fingerprint density at radius 2 is 2.21 bits per heavy atom. The van der Waals surface area contributed by atoms with Crippen LogP contribution >= 0.6 is 0 Å². The summed E-state index contributed by atoms with van der Waals surface area (Å²) in [7, 11) is 0. The Hall–Kier alpha value is -2.41. The molecular weight excluding hydrogens is 320 g/mol. The van der Waals surface area contributed by atoms with Gasteiger partial charge in [-0.05, 0) is 30.7 Å². The molecule has 1 aliphatic carbocycles. The molecule has 1 heterocycles. The molecular formula is C17H17F2NO4. The fourth-order valence-electron chi connectivity index (χ4n) is 2.47. The number of rotatable bonds is 7. The summed E-state index contributed by atoms with van der Waals surface area (Å²) >= 11 is 0. The van der Waals surface area contributed by atoms with Gasteiger partial charge in [0.05, 0.1) is 6.26 Å². The van der Waals surface area contributed by atoms with Crippen molar-refractivity contribution in [2.45, 2.75) is 18.4 Å². The van der Waals surface area contributed by atoms with Gasteiger partial charge in [-0.1, -0.05) is 0 Å². The van der Waals surface area contributed by atoms with Crippen molar-refractivity contribution in [2.24, 2.45) is 5.92 Å². The number of carbonyl (C=O) groups is 1. The SMILES string of the molecule is O=C(NCC(O)COc1ccc(F)c(F)c1)C1CC1c1ccco1. The number of amides is 1. The number of aliphatic hydroxyl groups is 1. The van der Waals surface area contributed by atoms with Crippen LogP contribution in [0.5, 0.6) is 5.75 Å². The van der Waals surface area contributed by atoms with Gasteiger partial charge in [-0.3, -0.25) is 4.79 Å². The predicted octanol–water partition coefficient (Wildman–Crippen LogP) is 2.22. The number of halogens is 2. The molecule has 24 heavy (non-hydrogen) atoms. The van der Waals surface area contributed by atoms with Crippen molar-refractivity contribution in [3.8, 4) is 5.75 Å². The highest BCUT2D eigenvalue weighted by Gasteiger charge is 2.45. The van der Waals surface area contributed by atoms with E-state index in [9.17, 15) is 18.7 Å². The van der Waals surface area contributed by atoms with Crippen molar-refractivity contribution in [3.05, 3.63) is 54.0 Å². The lowest BCUT2D eigenvalue weighted by Crippen LogP contribution is -2.36. The van der Waals surface area contributed by atoms with Crippen molar-refractivity contribution >= 4 is 5.91 Å². The summed E-state index contributed by atoms with van der Waals surface area (Å²) in [5.74, 6) is -1.29. The number of hydrogen-bond acceptors (Lipinski definition) is 4. The Morgan fingerprint density at radius 1 is 1.38 bits per heavy atom. The zero-order valence-corrected chi connectivity index (χ0v) is 12.7. The second-order valence-electron chi connectivity index (χ2n) is 5.75. The molecule has 7 heteroatoms. The Labute approximate surface area is 137 Å². The van der Waals surface area contributed by atoms with Gasteiger partial charge in [0.25, 0.3) is 0 Å². The van der Waals surface area contributed by atoms with Crippen molar-refractivity contribution in [2.75, 3.05) is 13.2 Å². The van der Waals surface area contributed by atoms with Crippen LogP contribution in [0.1, 0.15) is 18.1 Å². The van der Waals surface area contributed by atoms with Crippen LogP contribution in [-0.4, -0.2) is 30.3 Å². The van der Waals surface area contributed by atoms with Gasteiger partial charge in [0.1, 0.15) is 24.2 Å². The van der Waals surface area contributed by atoms with E-state index < -0.39 is 17.7 Å². The molecule has 0 radical (unpaired) electrons. The standard InChI is InChI=1S/C17H17F2NO4/c18-14-4-3-11(6-15(14)19)24-9-10(21)8-20-17(22)13-7-12(13)16-2-1-5-23-16/h1-6,10,12-13,21H,7-9H2,(H,20,22). The first-order valence-electron chi connectivity index (χ1n) is 7.61. The lowest BCUT2D eigenvalue weighted by atomic mass is 10.2. The maximum atomic E-state index is 13.0. The van der Waals surface area contributed by atoms with E-state index in [1.54, 1.807) is 12.3 Å². The first-order valence-corrected chi connectivity index (χ1v) is 7.61. The number of furan rings is 1. The average Bonchev–Trinajstić information content (AvgIpc) is 3.19. The van der Waals surface area contributed by atoms with Crippen LogP contribution in [0.15, 0.2) is 41.0 Å². The summed E-state index contributed by atoms with van der Waals surface area (Å²) in [5.41, 5.74) is 0. The van der Waals surface area contributed by atoms with Gasteiger partial charge in [0.15, 0.2) is 11.6 Å². The van der Waals surface area contributed by atoms with Crippen LogP contribution < -0.4 is 10.1 Å². The van der Waals surface area contributed by atoms with E-state index in [2.05, 4.69) is 5.32 Å². The molecule has 1 fully saturated rings. The molecule has 128 valence electrons. The third-order valence-corrected chi connectivity index (χ3v) is 3.88. The minimum absolute atomic E-state index is 0.0177. The minimum atomic E-state index is -1.02. The van der Waals surface area contributed by atoms with Gasteiger partial charge in [-0.25, -0.2) is 8.78 Å². The molecule has 1 aliphatic rings. The van der Waals surface area contributed by atoms with Gasteiger partial charge in [0.2, 0.25) is 5.91 Å². The molecule has 3 atom stereocenters. The molecule has 0 aliphatic heterocycles. The number of hydrogen-bond donors (Lipinski definition) is 2. The first-order chi connectivity index (χ1) is 11.5. The van der Waals surface area contributed by atoms with Gasteiger partial charge >= 0.3 is 0 Å². The van der Waals surface area contributed by atoms with Gasteiger partial charge in [0, 0.05) is 24.4 Å². The number of ether oxygens (including phenoxy) is 1. The minimum Gasteiger partial charge on any atom is -0.491 e. The average molecular weight is 337 g/mol. The lowest BCUT2D eigenvalue weighted by molar-refractivity contribution is -0.123. The second kappa shape index (κ2) is 7.00. The van der Waals surface area contributed by atoms with Crippen molar-refractivity contribution in [3.63, 3.8) is 0 Å². The molecule has 0 spiro atoms. The van der Waals surface area contributed by atoms with Crippen molar-refractivity contribution in [1.82, 2.24) is 5.32 Å². The zero-order chi connectivity index (χ0) is 17.1. The maximum absolute atomic E-state index is 13.0. The molecule has 0 saturated heterocycles. The highest BCUT2D eigenvalue weighted by molar-refractivity contribution is 5.82. The van der Waals surface area contributed by atoms with E-state index in [1.807, 2.05) is 6.07 Å². The Kier molecular flexibility index (Phi) is 4.80. The molecule has 1 aromatic carbocycles. The van der Waals surface area contributed by atoms with E-state index in [0.717, 1.165) is 24.3 Å². The van der Waals surface area contributed by atoms with Crippen LogP contribution in [-0.2, 0) is 4.79 Å². The molecule has 1 amide bonds. The Morgan fingerprint density at radius 3 is 2.92 bits per heavy atom. The Bertz CT molecular complexity index is 705. The molecule has 2 N–H and O–H groups in total. The predicted molar refractivity (Wildman–Crippen MR) is 80.4 cm³/mol. The van der Waals surface area contributed by atoms with Gasteiger partial charge in [-0.15, -0.1) is 0 Å². The summed E-state index contributed by atoms with van der Waals surface area (Å²) in [6, 6.07) is 6.73. The normalized spacial score (nSPS) is 20.5. The van der Waals surface area contributed by atoms with Crippen LogP contribution in [0.2, 0.25) is 0 Å². The number of nitrogens with one attached hydrogen (secondary N) is 1. The van der Waals surface area contributed by atoms with Crippen molar-refractivity contribution < 1.29 is 27.8 Å². The van der Waals surface area contributed by atoms with E-state index in [0.29, 0.717) is 0 Å². The van der Waals surface area contributed by atoms with Gasteiger partial charge < -0.3 is 19.6 Å². The Balaban J connectivity index is 1.39. The highest BCUT2D eigenvalue weighted by atomic mass is 19.2. The molecule has 1 saturated carbocycles. The molecule has 2 aromatic rings. The highest BCUT2D eigenvalue weighted by Crippen LogP contribution is 2.47. The summed E-state index contributed by atoms with van der Waals surface area (Å²) < 4.78 is 36.2. The maximum Gasteiger partial charge on any atom is 0.223 e. The first kappa shape index (κ1) is 16.4. The number of carbonyl (C=O) groups excluding carboxylic acids is 1. The quantitative estimate of drug-likeness (QED) is 0.813. The molecule has 5 nitrogen and oxygen atoms in total. The van der Waals surface area contributed by atoms with E-state index in [1.165, 1.54) is 6.07 Å². The topological polar surface area (TPSA) is 71.7 Å². The summed E-state index contributed by atoms with van der Waals surface area (Å²) in [6.07, 6.45) is 1.34. The molecule has 3 rings (SSSR count). The third kappa shape index (κ3) is 3.91. The van der Waals surface area contributed by atoms with Crippen LogP contribution in [0, 0.1) is 17.6 Å². The van der Waals surface area contributed by atoms with E-state index >= 15 is 0 Å². The summed E-state index contributed by atoms with van der Waals surface area (Å²) in [4.78, 5) is 12.0. The fourth-order valence-corrected chi connectivity index (χ4v) is 2.47. The number of benzene rings is 1. The molecule has 3 unspecified atom stereocenters. The summed E-state index contributed by atoms with van der Waals surface area (Å²) in [6.45, 7) is -0.123. The largest absolute Gasteiger partial charge is 0.491 e. The monoisotopic (exact) mass is 337 g/mol. The smallest absolute Gasteiger partial charge is 0.223 e. The molecule has 1 aromatic heterocycles. The van der Waals surface area contributed by atoms with Crippen LogP contribution in [0.25, 0.3) is 0 Å². The van der Waals surface area contributed by atoms with Crippen LogP contribution in [0.4, 0.5) is 8.78 Å². The van der Waals surface area contributed by atoms with Crippen molar-refractivity contribution in [1.29, 1.82) is 0 Å². The van der Waals surface area contributed by atoms with Crippen LogP contribution in [0.3, 0.4) is 0 Å². The third-order valence-electron chi connectivity index (χ3n) is 3.88. The zero-order valence-electron chi connectivity index (χ0n) is 12.7. The van der Waals surface area contributed by atoms with E-state index in [4.69, 9.17) is 9.15 Å². The lowest BCUT2D eigenvalue weighted by Gasteiger charge is -2.13. The summed E-state index contributed by atoms with van der Waals surface area (Å²) in [5, 5.41) is 12.5. The van der Waals surface area contributed by atoms with E-state index in [-0.39, 0.29) is 36.6 Å². The second-order valence-corrected chi connectivity index (χ2v) is 5.75. The van der Waals surface area contributed by atoms with Gasteiger partial charge in [-0.2, -0.15) is 0 Å². The molecule has 0 bridgehead atoms.